The molecule has 1 aromatic carbocycles. The maximum absolute atomic E-state index is 14.3. The Kier molecular flexibility index (Phi) is 17.2. The van der Waals surface area contributed by atoms with Gasteiger partial charge in [0, 0.05) is 64.1 Å². The number of hydrogen-bond donors (Lipinski definition) is 1. The first-order chi connectivity index (χ1) is 25.8. The van der Waals surface area contributed by atoms with E-state index < -0.39 is 41.2 Å². The summed E-state index contributed by atoms with van der Waals surface area (Å²) in [6, 6.07) is 9.32. The Hall–Kier alpha value is -3.03. The van der Waals surface area contributed by atoms with Crippen molar-refractivity contribution in [3.63, 3.8) is 0 Å². The van der Waals surface area contributed by atoms with Gasteiger partial charge in [-0.25, -0.2) is 4.98 Å². The number of amides is 2. The number of ether oxygens (including phenoxy) is 2. The Labute approximate surface area is 334 Å². The van der Waals surface area contributed by atoms with Crippen molar-refractivity contribution < 1.29 is 33.8 Å². The second kappa shape index (κ2) is 20.4. The third kappa shape index (κ3) is 11.8. The van der Waals surface area contributed by atoms with E-state index in [1.807, 2.05) is 63.3 Å². The van der Waals surface area contributed by atoms with Crippen molar-refractivity contribution in [2.45, 2.75) is 135 Å². The number of hydrogen-bond acceptors (Lipinski definition) is 10. The van der Waals surface area contributed by atoms with Crippen molar-refractivity contribution in [3.05, 3.63) is 52.5 Å². The van der Waals surface area contributed by atoms with Crippen LogP contribution in [0, 0.1) is 17.8 Å². The molecule has 3 rings (SSSR count). The summed E-state index contributed by atoms with van der Waals surface area (Å²) in [5.41, 5.74) is -1.16. The monoisotopic (exact) mass is 784 g/mol. The lowest BCUT2D eigenvalue weighted by Crippen LogP contribution is -2.56. The molecule has 2 aromatic rings. The van der Waals surface area contributed by atoms with Gasteiger partial charge >= 0.3 is 0 Å². The average molecular weight is 785 g/mol. The van der Waals surface area contributed by atoms with E-state index in [0.717, 1.165) is 17.0 Å². The van der Waals surface area contributed by atoms with Gasteiger partial charge in [-0.3, -0.25) is 24.1 Å². The zero-order chi connectivity index (χ0) is 41.2. The lowest BCUT2D eigenvalue weighted by Gasteiger charge is -2.42. The third-order valence-corrected chi connectivity index (χ3v) is 13.2. The molecule has 12 heteroatoms. The van der Waals surface area contributed by atoms with Gasteiger partial charge in [0.1, 0.15) is 5.78 Å². The van der Waals surface area contributed by atoms with Crippen molar-refractivity contribution in [1.82, 2.24) is 19.7 Å². The molecule has 0 saturated carbocycles. The number of likely N-dealkylation sites (tertiary alicyclic amines) is 1. The number of ketones is 2. The SMILES string of the molecule is CC[C@H](C)[C@@H]([C@@H](CC(=O)N1CCC[C@H]1[C@H](OC)[C@@H](C)C(=O)C[C@@H](Cc1ccccc1)c1nccs1)OC)N(C)C(=O)[C@@H](CC(=O)C(C)(C)N(C)C)C(C)(C)O. The predicted octanol–water partition coefficient (Wildman–Crippen LogP) is 6.04. The largest absolute Gasteiger partial charge is 0.390 e. The molecule has 0 radical (unpaired) electrons. The van der Waals surface area contributed by atoms with Gasteiger partial charge in [0.2, 0.25) is 11.8 Å². The van der Waals surface area contributed by atoms with Gasteiger partial charge in [-0.05, 0) is 72.5 Å². The maximum Gasteiger partial charge on any atom is 0.229 e. The van der Waals surface area contributed by atoms with Gasteiger partial charge in [-0.2, -0.15) is 0 Å². The summed E-state index contributed by atoms with van der Waals surface area (Å²) in [5.74, 6) is -2.18. The van der Waals surface area contributed by atoms with E-state index in [2.05, 4.69) is 17.1 Å². The van der Waals surface area contributed by atoms with Gasteiger partial charge in [-0.1, -0.05) is 57.5 Å². The van der Waals surface area contributed by atoms with E-state index in [1.54, 1.807) is 76.3 Å². The topological polar surface area (TPSA) is 130 Å². The molecule has 1 saturated heterocycles. The zero-order valence-corrected chi connectivity index (χ0v) is 36.2. The molecule has 0 spiro atoms. The molecule has 11 nitrogen and oxygen atoms in total. The lowest BCUT2D eigenvalue weighted by atomic mass is 9.80. The smallest absolute Gasteiger partial charge is 0.229 e. The summed E-state index contributed by atoms with van der Waals surface area (Å²) >= 11 is 1.56. The molecule has 8 atom stereocenters. The fourth-order valence-corrected chi connectivity index (χ4v) is 8.66. The van der Waals surface area contributed by atoms with E-state index in [4.69, 9.17) is 9.47 Å². The molecule has 2 heterocycles. The molecule has 1 aliphatic rings. The molecule has 1 fully saturated rings. The molecule has 1 aromatic heterocycles. The van der Waals surface area contributed by atoms with E-state index in [-0.39, 0.29) is 54.1 Å². The van der Waals surface area contributed by atoms with Crippen LogP contribution in [0.1, 0.15) is 103 Å². The fraction of sp³-hybridized carbons (Fsp3) is 0.698. The Bertz CT molecular complexity index is 1530. The molecule has 2 amide bonds. The van der Waals surface area contributed by atoms with Crippen LogP contribution in [0.3, 0.4) is 0 Å². The van der Waals surface area contributed by atoms with Gasteiger partial charge < -0.3 is 24.4 Å². The number of Topliss-reactive ketones (excluding diaryl/α,β-unsaturated/α-hetero) is 2. The van der Waals surface area contributed by atoms with E-state index in [1.165, 1.54) is 0 Å². The molecule has 0 bridgehead atoms. The number of methoxy groups -OCH3 is 2. The molecule has 1 N–H and O–H groups in total. The summed E-state index contributed by atoms with van der Waals surface area (Å²) in [7, 11) is 8.47. The van der Waals surface area contributed by atoms with Gasteiger partial charge in [0.15, 0.2) is 5.78 Å². The minimum Gasteiger partial charge on any atom is -0.390 e. The first kappa shape index (κ1) is 46.4. The fourth-order valence-electron chi connectivity index (χ4n) is 7.92. The Balaban J connectivity index is 1.81. The molecule has 0 unspecified atom stereocenters. The van der Waals surface area contributed by atoms with Crippen LogP contribution in [0.15, 0.2) is 41.9 Å². The van der Waals surface area contributed by atoms with Gasteiger partial charge in [0.25, 0.3) is 0 Å². The minimum absolute atomic E-state index is 0.0152. The highest BCUT2D eigenvalue weighted by Crippen LogP contribution is 2.34. The first-order valence-corrected chi connectivity index (χ1v) is 20.7. The molecule has 308 valence electrons. The van der Waals surface area contributed by atoms with E-state index in [0.29, 0.717) is 32.2 Å². The van der Waals surface area contributed by atoms with Crippen LogP contribution in [-0.4, -0.2) is 126 Å². The number of rotatable bonds is 22. The number of carbonyl (C=O) groups is 4. The normalized spacial score (nSPS) is 19.0. The number of aromatic nitrogens is 1. The second-order valence-electron chi connectivity index (χ2n) is 16.8. The number of nitrogens with zero attached hydrogens (tertiary/aromatic N) is 4. The zero-order valence-electron chi connectivity index (χ0n) is 35.4. The minimum atomic E-state index is -1.48. The summed E-state index contributed by atoms with van der Waals surface area (Å²) in [6.07, 6.45) is 3.71. The number of carbonyl (C=O) groups excluding carboxylic acids is 4. The molecular formula is C43H68N4O7S. The van der Waals surface area contributed by atoms with Crippen molar-refractivity contribution >= 4 is 34.7 Å². The maximum atomic E-state index is 14.3. The van der Waals surface area contributed by atoms with Crippen LogP contribution in [0.5, 0.6) is 0 Å². The predicted molar refractivity (Wildman–Crippen MR) is 218 cm³/mol. The highest BCUT2D eigenvalue weighted by atomic mass is 32.1. The van der Waals surface area contributed by atoms with E-state index >= 15 is 0 Å². The summed E-state index contributed by atoms with van der Waals surface area (Å²) in [5, 5.41) is 14.1. The quantitative estimate of drug-likeness (QED) is 0.152. The second-order valence-corrected chi connectivity index (χ2v) is 17.7. The van der Waals surface area contributed by atoms with Crippen molar-refractivity contribution in [3.8, 4) is 0 Å². The van der Waals surface area contributed by atoms with Crippen LogP contribution < -0.4 is 0 Å². The molecule has 1 aliphatic heterocycles. The summed E-state index contributed by atoms with van der Waals surface area (Å²) in [4.78, 5) is 65.9. The van der Waals surface area contributed by atoms with Crippen LogP contribution >= 0.6 is 11.3 Å². The van der Waals surface area contributed by atoms with Crippen LogP contribution in [-0.2, 0) is 35.1 Å². The highest BCUT2D eigenvalue weighted by molar-refractivity contribution is 7.09. The van der Waals surface area contributed by atoms with Gasteiger partial charge in [-0.15, -0.1) is 11.3 Å². The van der Waals surface area contributed by atoms with E-state index in [9.17, 15) is 24.3 Å². The molecule has 55 heavy (non-hydrogen) atoms. The number of benzene rings is 1. The van der Waals surface area contributed by atoms with Crippen molar-refractivity contribution in [1.29, 1.82) is 0 Å². The lowest BCUT2D eigenvalue weighted by molar-refractivity contribution is -0.155. The average Bonchev–Trinajstić information content (AvgIpc) is 3.86. The number of thiazole rings is 1. The van der Waals surface area contributed by atoms with Crippen molar-refractivity contribution in [2.24, 2.45) is 17.8 Å². The first-order valence-electron chi connectivity index (χ1n) is 19.8. The molecular weight excluding hydrogens is 717 g/mol. The Morgan fingerprint density at radius 1 is 1.00 bits per heavy atom. The summed E-state index contributed by atoms with van der Waals surface area (Å²) < 4.78 is 12.1. The molecule has 0 aliphatic carbocycles. The Morgan fingerprint density at radius 3 is 2.18 bits per heavy atom. The highest BCUT2D eigenvalue weighted by Gasteiger charge is 2.45. The van der Waals surface area contributed by atoms with Gasteiger partial charge in [0.05, 0.1) is 52.8 Å². The standard InChI is InChI=1S/C43H68N4O7S/c1-13-28(2)38(46(10)41(51)32(43(6,7)52)26-36(49)42(4,5)45(8)9)35(53-11)27-37(50)47-22-17-20-33(47)39(54-12)29(3)34(48)25-31(40-44-21-23-55-40)24-30-18-15-14-16-19-30/h14-16,18-19,21,23,28-29,31-33,35,38-39,52H,13,17,20,22,24-27H2,1-12H3/t28-,29-,31+,32+,33-,35+,38-,39+/m0/s1. The van der Waals surface area contributed by atoms with Crippen molar-refractivity contribution in [2.75, 3.05) is 41.9 Å². The Morgan fingerprint density at radius 2 is 1.65 bits per heavy atom. The number of likely N-dealkylation sites (N-methyl/N-ethyl adjacent to an activating group) is 2. The van der Waals surface area contributed by atoms with Crippen LogP contribution in [0.4, 0.5) is 0 Å². The van der Waals surface area contributed by atoms with Crippen LogP contribution in [0.2, 0.25) is 0 Å². The third-order valence-electron chi connectivity index (χ3n) is 12.3. The number of aliphatic hydroxyl groups is 1. The summed E-state index contributed by atoms with van der Waals surface area (Å²) in [6.45, 7) is 13.2. The van der Waals surface area contributed by atoms with Crippen LogP contribution in [0.25, 0.3) is 0 Å².